The zero-order valence-corrected chi connectivity index (χ0v) is 22.9. The Bertz CT molecular complexity index is 1370. The highest BCUT2D eigenvalue weighted by Gasteiger charge is 2.40. The first-order valence-corrected chi connectivity index (χ1v) is 13.8. The van der Waals surface area contributed by atoms with Crippen LogP contribution in [0.4, 0.5) is 4.39 Å². The topological polar surface area (TPSA) is 54.3 Å². The van der Waals surface area contributed by atoms with Gasteiger partial charge in [-0.2, -0.15) is 0 Å². The minimum absolute atomic E-state index is 0.0252. The van der Waals surface area contributed by atoms with E-state index >= 15 is 0 Å². The number of halogens is 2. The number of benzene rings is 2. The third-order valence-corrected chi connectivity index (χ3v) is 8.60. The van der Waals surface area contributed by atoms with E-state index in [1.54, 1.807) is 36.0 Å². The number of nitrogens with zero attached hydrogens (tertiary/aromatic N) is 2. The summed E-state index contributed by atoms with van der Waals surface area (Å²) in [6.07, 6.45) is 5.29. The average molecular weight is 567 g/mol. The van der Waals surface area contributed by atoms with Crippen molar-refractivity contribution >= 4 is 21.8 Å². The summed E-state index contributed by atoms with van der Waals surface area (Å²) in [7, 11) is 1.74. The molecule has 2 heterocycles. The SMILES string of the molecule is Cc1c(Br)cc(CN(C(=O)[C@@H]2CNCC[C@H]2c2ccn(C)c(=O)c2)C2CC2)cc1Cc1cccc(F)c1. The van der Waals surface area contributed by atoms with E-state index in [4.69, 9.17) is 0 Å². The number of piperidine rings is 1. The fraction of sp³-hybridized carbons (Fsp3) is 0.400. The number of hydrogen-bond donors (Lipinski definition) is 1. The van der Waals surface area contributed by atoms with Crippen molar-refractivity contribution in [3.8, 4) is 0 Å². The first-order valence-electron chi connectivity index (χ1n) is 13.0. The molecule has 0 unspecified atom stereocenters. The molecular weight excluding hydrogens is 533 g/mol. The highest BCUT2D eigenvalue weighted by molar-refractivity contribution is 9.10. The van der Waals surface area contributed by atoms with E-state index in [-0.39, 0.29) is 35.2 Å². The van der Waals surface area contributed by atoms with E-state index in [0.717, 1.165) is 58.1 Å². The second-order valence-corrected chi connectivity index (χ2v) is 11.3. The molecule has 5 nitrogen and oxygen atoms in total. The van der Waals surface area contributed by atoms with Gasteiger partial charge in [-0.05, 0) is 97.2 Å². The van der Waals surface area contributed by atoms with Crippen molar-refractivity contribution in [3.63, 3.8) is 0 Å². The van der Waals surface area contributed by atoms with Crippen molar-refractivity contribution in [2.45, 2.75) is 51.1 Å². The average Bonchev–Trinajstić information content (AvgIpc) is 3.72. The van der Waals surface area contributed by atoms with Crippen LogP contribution in [-0.2, 0) is 24.8 Å². The zero-order valence-electron chi connectivity index (χ0n) is 21.3. The lowest BCUT2D eigenvalue weighted by atomic mass is 9.80. The van der Waals surface area contributed by atoms with Gasteiger partial charge >= 0.3 is 0 Å². The van der Waals surface area contributed by atoms with E-state index in [2.05, 4.69) is 45.2 Å². The summed E-state index contributed by atoms with van der Waals surface area (Å²) in [5, 5.41) is 3.41. The molecule has 5 rings (SSSR count). The van der Waals surface area contributed by atoms with Crippen molar-refractivity contribution in [3.05, 3.63) is 103 Å². The molecule has 3 aromatic rings. The minimum atomic E-state index is -0.234. The lowest BCUT2D eigenvalue weighted by Crippen LogP contribution is -2.47. The van der Waals surface area contributed by atoms with Gasteiger partial charge in [-0.25, -0.2) is 4.39 Å². The molecule has 194 valence electrons. The monoisotopic (exact) mass is 565 g/mol. The Hall–Kier alpha value is -2.77. The molecule has 0 bridgehead atoms. The number of pyridine rings is 1. The van der Waals surface area contributed by atoms with Crippen LogP contribution < -0.4 is 10.9 Å². The maximum Gasteiger partial charge on any atom is 0.250 e. The van der Waals surface area contributed by atoms with Crippen molar-refractivity contribution in [2.75, 3.05) is 13.1 Å². The molecule has 1 aliphatic carbocycles. The maximum absolute atomic E-state index is 14.0. The molecule has 2 aliphatic rings. The summed E-state index contributed by atoms with van der Waals surface area (Å²) >= 11 is 3.71. The molecule has 0 spiro atoms. The molecule has 37 heavy (non-hydrogen) atoms. The Labute approximate surface area is 225 Å². The number of aromatic nitrogens is 1. The molecule has 7 heteroatoms. The van der Waals surface area contributed by atoms with Crippen LogP contribution in [0, 0.1) is 18.7 Å². The molecule has 1 saturated heterocycles. The summed E-state index contributed by atoms with van der Waals surface area (Å²) in [5.41, 5.74) is 5.14. The fourth-order valence-electron chi connectivity index (χ4n) is 5.43. The lowest BCUT2D eigenvalue weighted by Gasteiger charge is -2.36. The van der Waals surface area contributed by atoms with Gasteiger partial charge in [-0.1, -0.05) is 34.1 Å². The van der Waals surface area contributed by atoms with E-state index in [1.165, 1.54) is 6.07 Å². The van der Waals surface area contributed by atoms with Crippen LogP contribution in [-0.4, -0.2) is 34.5 Å². The fourth-order valence-corrected chi connectivity index (χ4v) is 5.98. The molecule has 1 aromatic heterocycles. The smallest absolute Gasteiger partial charge is 0.250 e. The number of carbonyl (C=O) groups excluding carboxylic acids is 1. The van der Waals surface area contributed by atoms with Crippen LogP contribution in [0.5, 0.6) is 0 Å². The second kappa shape index (κ2) is 10.9. The normalized spacial score (nSPS) is 19.6. The van der Waals surface area contributed by atoms with E-state index in [9.17, 15) is 14.0 Å². The van der Waals surface area contributed by atoms with E-state index in [0.29, 0.717) is 19.5 Å². The third-order valence-electron chi connectivity index (χ3n) is 7.77. The van der Waals surface area contributed by atoms with Gasteiger partial charge in [0, 0.05) is 42.9 Å². The lowest BCUT2D eigenvalue weighted by molar-refractivity contribution is -0.138. The third kappa shape index (κ3) is 5.88. The van der Waals surface area contributed by atoms with Crippen LogP contribution in [0.3, 0.4) is 0 Å². The molecule has 1 aliphatic heterocycles. The number of carbonyl (C=O) groups is 1. The predicted octanol–water partition coefficient (Wildman–Crippen LogP) is 5.07. The minimum Gasteiger partial charge on any atom is -0.335 e. The molecule has 1 saturated carbocycles. The highest BCUT2D eigenvalue weighted by Crippen LogP contribution is 2.36. The van der Waals surface area contributed by atoms with Crippen LogP contribution in [0.15, 0.2) is 64.0 Å². The summed E-state index contributed by atoms with van der Waals surface area (Å²) < 4.78 is 16.3. The van der Waals surface area contributed by atoms with Crippen molar-refractivity contribution < 1.29 is 9.18 Å². The van der Waals surface area contributed by atoms with Gasteiger partial charge in [-0.15, -0.1) is 0 Å². The molecule has 0 radical (unpaired) electrons. The Kier molecular flexibility index (Phi) is 7.63. The van der Waals surface area contributed by atoms with Gasteiger partial charge < -0.3 is 14.8 Å². The van der Waals surface area contributed by atoms with Gasteiger partial charge in [0.2, 0.25) is 5.91 Å². The summed E-state index contributed by atoms with van der Waals surface area (Å²) in [5.74, 6) is -0.258. The van der Waals surface area contributed by atoms with Crippen molar-refractivity contribution in [1.29, 1.82) is 0 Å². The van der Waals surface area contributed by atoms with Crippen molar-refractivity contribution in [2.24, 2.45) is 13.0 Å². The van der Waals surface area contributed by atoms with Gasteiger partial charge in [0.05, 0.1) is 5.92 Å². The molecule has 2 fully saturated rings. The Morgan fingerprint density at radius 3 is 2.68 bits per heavy atom. The number of amides is 1. The quantitative estimate of drug-likeness (QED) is 0.435. The molecule has 1 N–H and O–H groups in total. The Morgan fingerprint density at radius 1 is 1.14 bits per heavy atom. The van der Waals surface area contributed by atoms with Crippen LogP contribution in [0.2, 0.25) is 0 Å². The van der Waals surface area contributed by atoms with Gasteiger partial charge in [0.1, 0.15) is 5.82 Å². The molecule has 2 aromatic carbocycles. The van der Waals surface area contributed by atoms with Crippen molar-refractivity contribution in [1.82, 2.24) is 14.8 Å². The number of aryl methyl sites for hydroxylation is 1. The predicted molar refractivity (Wildman–Crippen MR) is 147 cm³/mol. The number of rotatable bonds is 7. The van der Waals surface area contributed by atoms with E-state index < -0.39 is 0 Å². The Balaban J connectivity index is 1.40. The van der Waals surface area contributed by atoms with Gasteiger partial charge in [0.25, 0.3) is 5.56 Å². The van der Waals surface area contributed by atoms with Crippen LogP contribution >= 0.6 is 15.9 Å². The summed E-state index contributed by atoms with van der Waals surface area (Å²) in [4.78, 5) is 28.4. The molecule has 2 atom stereocenters. The summed E-state index contributed by atoms with van der Waals surface area (Å²) in [6, 6.07) is 14.9. The second-order valence-electron chi connectivity index (χ2n) is 10.5. The number of nitrogens with one attached hydrogen (secondary N) is 1. The molecular formula is C30H33BrFN3O2. The largest absolute Gasteiger partial charge is 0.335 e. The number of hydrogen-bond acceptors (Lipinski definition) is 3. The van der Waals surface area contributed by atoms with Crippen LogP contribution in [0.25, 0.3) is 0 Å². The first kappa shape index (κ1) is 25.9. The Morgan fingerprint density at radius 2 is 1.95 bits per heavy atom. The van der Waals surface area contributed by atoms with Gasteiger partial charge in [0.15, 0.2) is 0 Å². The van der Waals surface area contributed by atoms with E-state index in [1.807, 2.05) is 12.1 Å². The zero-order chi connectivity index (χ0) is 26.1. The standard InChI is InChI=1S/C30H33BrFN3O2/c1-19-23(12-20-4-3-5-24(32)14-20)13-21(15-28(19)31)18-35(25-6-7-25)30(37)27-17-33-10-8-26(27)22-9-11-34(2)29(36)16-22/h3-5,9,11,13-16,25-27,33H,6-8,10,12,17-18H2,1-2H3/t26-,27+/m0/s1. The summed E-state index contributed by atoms with van der Waals surface area (Å²) in [6.45, 7) is 4.05. The maximum atomic E-state index is 14.0. The highest BCUT2D eigenvalue weighted by atomic mass is 79.9. The molecule has 1 amide bonds. The van der Waals surface area contributed by atoms with Crippen LogP contribution in [0.1, 0.15) is 53.0 Å². The van der Waals surface area contributed by atoms with Gasteiger partial charge in [-0.3, -0.25) is 9.59 Å². The first-order chi connectivity index (χ1) is 17.8.